The summed E-state index contributed by atoms with van der Waals surface area (Å²) in [5.41, 5.74) is 3.19. The van der Waals surface area contributed by atoms with Crippen molar-refractivity contribution in [2.24, 2.45) is 4.99 Å². The molecule has 1 aromatic heterocycles. The Bertz CT molecular complexity index is 1490. The number of piperazine rings is 1. The highest BCUT2D eigenvalue weighted by atomic mass is 16.4. The molecule has 4 N–H and O–H groups in total. The number of aromatic hydroxyl groups is 2. The Kier molecular flexibility index (Phi) is 9.90. The van der Waals surface area contributed by atoms with Gasteiger partial charge in [0.25, 0.3) is 0 Å². The number of nitrogens with one attached hydrogen (secondary N) is 2. The third-order valence-corrected chi connectivity index (χ3v) is 6.78. The fourth-order valence-corrected chi connectivity index (χ4v) is 4.32. The second kappa shape index (κ2) is 13.1. The second-order valence-corrected chi connectivity index (χ2v) is 9.63. The average molecular weight is 547 g/mol. The van der Waals surface area contributed by atoms with E-state index in [2.05, 4.69) is 22.2 Å². The minimum absolute atomic E-state index is 0.0323. The summed E-state index contributed by atoms with van der Waals surface area (Å²) in [7, 11) is 0. The number of benzene rings is 1. The molecule has 9 nitrogen and oxygen atoms in total. The molecule has 1 aliphatic heterocycles. The maximum Gasteiger partial charge on any atom is 0.200 e. The van der Waals surface area contributed by atoms with Gasteiger partial charge in [0.2, 0.25) is 0 Å². The average Bonchev–Trinajstić information content (AvgIpc) is 2.92. The predicted molar refractivity (Wildman–Crippen MR) is 161 cm³/mol. The van der Waals surface area contributed by atoms with Crippen LogP contribution in [-0.2, 0) is 4.79 Å². The van der Waals surface area contributed by atoms with E-state index in [0.717, 1.165) is 18.7 Å². The van der Waals surface area contributed by atoms with Gasteiger partial charge in [-0.15, -0.1) is 0 Å². The molecule has 3 rings (SSSR count). The van der Waals surface area contributed by atoms with E-state index < -0.39 is 0 Å². The van der Waals surface area contributed by atoms with Gasteiger partial charge in [-0.05, 0) is 64.8 Å². The summed E-state index contributed by atoms with van der Waals surface area (Å²) >= 11 is 0. The highest BCUT2D eigenvalue weighted by molar-refractivity contribution is 6.04. The summed E-state index contributed by atoms with van der Waals surface area (Å²) < 4.78 is 6.20. The quantitative estimate of drug-likeness (QED) is 0.113. The first-order valence-electron chi connectivity index (χ1n) is 13.2. The lowest BCUT2D eigenvalue weighted by Gasteiger charge is -2.28. The number of carbonyl (C=O) groups is 1. The maximum absolute atomic E-state index is 12.8. The Balaban J connectivity index is 1.92. The van der Waals surface area contributed by atoms with E-state index in [4.69, 9.17) is 4.42 Å². The van der Waals surface area contributed by atoms with Gasteiger partial charge >= 0.3 is 0 Å². The van der Waals surface area contributed by atoms with Crippen LogP contribution in [0.25, 0.3) is 5.57 Å². The molecule has 2 aromatic rings. The van der Waals surface area contributed by atoms with E-state index in [1.807, 2.05) is 17.9 Å². The Labute approximate surface area is 234 Å². The Morgan fingerprint density at radius 1 is 1.10 bits per heavy atom. The number of hydrogen-bond acceptors (Lipinski definition) is 9. The van der Waals surface area contributed by atoms with E-state index in [1.54, 1.807) is 39.8 Å². The molecule has 1 saturated heterocycles. The number of rotatable bonds is 9. The SMILES string of the molecule is C=C(\N=C(C)/C(=C\C)/C=C(\C)C(C)=O)Nc1cc(O)c(/C(=C/C)c2oc(N3CCNCC3)cc(=O)c2C)cc1O. The first-order chi connectivity index (χ1) is 19.0. The van der Waals surface area contributed by atoms with E-state index in [9.17, 15) is 19.8 Å². The number of phenols is 2. The normalized spacial score (nSPS) is 15.3. The van der Waals surface area contributed by atoms with Gasteiger partial charge in [0.15, 0.2) is 17.1 Å². The minimum Gasteiger partial charge on any atom is -0.507 e. The zero-order chi connectivity index (χ0) is 29.6. The first kappa shape index (κ1) is 30.2. The molecule has 0 unspecified atom stereocenters. The van der Waals surface area contributed by atoms with Crippen LogP contribution in [0.5, 0.6) is 11.5 Å². The molecule has 0 spiro atoms. The number of hydrogen-bond donors (Lipinski definition) is 4. The summed E-state index contributed by atoms with van der Waals surface area (Å²) in [5, 5.41) is 28.0. The van der Waals surface area contributed by atoms with Crippen LogP contribution in [0.3, 0.4) is 0 Å². The van der Waals surface area contributed by atoms with Crippen molar-refractivity contribution in [3.05, 3.63) is 87.1 Å². The van der Waals surface area contributed by atoms with Crippen molar-refractivity contribution in [1.82, 2.24) is 5.32 Å². The summed E-state index contributed by atoms with van der Waals surface area (Å²) in [6.45, 7) is 17.2. The van der Waals surface area contributed by atoms with Gasteiger partial charge in [0.05, 0.1) is 5.69 Å². The lowest BCUT2D eigenvalue weighted by atomic mass is 9.98. The molecular weight excluding hydrogens is 508 g/mol. The molecular formula is C31H38N4O5. The van der Waals surface area contributed by atoms with Crippen LogP contribution < -0.4 is 21.0 Å². The van der Waals surface area contributed by atoms with Crippen molar-refractivity contribution in [3.63, 3.8) is 0 Å². The molecule has 212 valence electrons. The fourth-order valence-electron chi connectivity index (χ4n) is 4.32. The molecule has 1 aliphatic rings. The van der Waals surface area contributed by atoms with Crippen LogP contribution in [0.2, 0.25) is 0 Å². The lowest BCUT2D eigenvalue weighted by molar-refractivity contribution is -0.113. The summed E-state index contributed by atoms with van der Waals surface area (Å²) in [6, 6.07) is 4.27. The van der Waals surface area contributed by atoms with Gasteiger partial charge < -0.3 is 30.2 Å². The van der Waals surface area contributed by atoms with Crippen LogP contribution in [0, 0.1) is 6.92 Å². The van der Waals surface area contributed by atoms with Crippen molar-refractivity contribution in [3.8, 4) is 11.5 Å². The number of carbonyl (C=O) groups excluding carboxylic acids is 1. The predicted octanol–water partition coefficient (Wildman–Crippen LogP) is 5.05. The van der Waals surface area contributed by atoms with Gasteiger partial charge in [-0.2, -0.15) is 0 Å². The van der Waals surface area contributed by atoms with Gasteiger partial charge in [-0.1, -0.05) is 18.7 Å². The highest BCUT2D eigenvalue weighted by Crippen LogP contribution is 2.39. The van der Waals surface area contributed by atoms with Crippen molar-refractivity contribution >= 4 is 28.6 Å². The van der Waals surface area contributed by atoms with Crippen LogP contribution in [0.15, 0.2) is 74.2 Å². The van der Waals surface area contributed by atoms with E-state index in [1.165, 1.54) is 25.1 Å². The summed E-state index contributed by atoms with van der Waals surface area (Å²) in [5.74, 6) is 0.701. The highest BCUT2D eigenvalue weighted by Gasteiger charge is 2.22. The number of anilines is 2. The molecule has 1 fully saturated rings. The van der Waals surface area contributed by atoms with Crippen molar-refractivity contribution in [2.45, 2.75) is 41.5 Å². The zero-order valence-corrected chi connectivity index (χ0v) is 24.0. The molecule has 0 radical (unpaired) electrons. The molecule has 9 heteroatoms. The monoisotopic (exact) mass is 546 g/mol. The molecule has 1 aromatic carbocycles. The van der Waals surface area contributed by atoms with Crippen LogP contribution in [-0.4, -0.2) is 47.9 Å². The van der Waals surface area contributed by atoms with E-state index in [0.29, 0.717) is 52.7 Å². The molecule has 40 heavy (non-hydrogen) atoms. The third-order valence-electron chi connectivity index (χ3n) is 6.78. The molecule has 0 saturated carbocycles. The number of allylic oxidation sites excluding steroid dienone is 5. The Morgan fingerprint density at radius 2 is 1.77 bits per heavy atom. The summed E-state index contributed by atoms with van der Waals surface area (Å²) in [6.07, 6.45) is 5.33. The van der Waals surface area contributed by atoms with Crippen LogP contribution >= 0.6 is 0 Å². The maximum atomic E-state index is 12.8. The molecule has 0 bridgehead atoms. The number of ketones is 1. The van der Waals surface area contributed by atoms with Crippen LogP contribution in [0.1, 0.15) is 51.5 Å². The molecule has 0 aliphatic carbocycles. The van der Waals surface area contributed by atoms with Crippen molar-refractivity contribution in [1.29, 1.82) is 0 Å². The Hall–Kier alpha value is -4.37. The van der Waals surface area contributed by atoms with E-state index >= 15 is 0 Å². The second-order valence-electron chi connectivity index (χ2n) is 9.63. The standard InChI is InChI=1S/C31H38N4O5/c1-8-23(14-18(3)21(6)36)20(5)33-22(7)34-26-16-28(38)25(15-29(26)39)24(9-2)31-19(4)27(37)17-30(40-31)35-12-10-32-11-13-35/h8-9,14-17,32,34,38-39H,7,10-13H2,1-6H3/b18-14+,23-8-,24-9-,33-20-. The first-order valence-corrected chi connectivity index (χ1v) is 13.2. The molecule has 2 heterocycles. The zero-order valence-electron chi connectivity index (χ0n) is 24.0. The lowest BCUT2D eigenvalue weighted by Crippen LogP contribution is -2.43. The van der Waals surface area contributed by atoms with E-state index in [-0.39, 0.29) is 34.2 Å². The van der Waals surface area contributed by atoms with Gasteiger partial charge in [0, 0.05) is 60.7 Å². The van der Waals surface area contributed by atoms with Gasteiger partial charge in [-0.25, -0.2) is 4.99 Å². The van der Waals surface area contributed by atoms with Crippen molar-refractivity contribution < 1.29 is 19.4 Å². The third kappa shape index (κ3) is 6.98. The summed E-state index contributed by atoms with van der Waals surface area (Å²) in [4.78, 5) is 30.9. The number of phenolic OH excluding ortho intramolecular Hbond substituents is 2. The van der Waals surface area contributed by atoms with Crippen LogP contribution in [0.4, 0.5) is 11.6 Å². The van der Waals surface area contributed by atoms with Gasteiger partial charge in [-0.3, -0.25) is 9.59 Å². The Morgan fingerprint density at radius 3 is 2.38 bits per heavy atom. The fraction of sp³-hybridized carbons (Fsp3) is 0.323. The largest absolute Gasteiger partial charge is 0.507 e. The minimum atomic E-state index is -0.172. The number of aliphatic imine (C=N–C) groups is 1. The smallest absolute Gasteiger partial charge is 0.200 e. The molecule has 0 atom stereocenters. The van der Waals surface area contributed by atoms with Gasteiger partial charge in [0.1, 0.15) is 23.1 Å². The topological polar surface area (TPSA) is 127 Å². The molecule has 0 amide bonds. The van der Waals surface area contributed by atoms with Crippen molar-refractivity contribution in [2.75, 3.05) is 36.4 Å². The number of Topliss-reactive ketones (excluding diaryl/α,β-unsaturated/α-hetero) is 1. The number of nitrogens with zero attached hydrogens (tertiary/aromatic N) is 2.